The van der Waals surface area contributed by atoms with E-state index in [0.717, 1.165) is 29.4 Å². The monoisotopic (exact) mass is 391 g/mol. The molecule has 148 valence electrons. The van der Waals surface area contributed by atoms with Gasteiger partial charge in [-0.15, -0.1) is 0 Å². The quantitative estimate of drug-likeness (QED) is 0.543. The summed E-state index contributed by atoms with van der Waals surface area (Å²) in [6.45, 7) is 3.82. The highest BCUT2D eigenvalue weighted by molar-refractivity contribution is 5.93. The van der Waals surface area contributed by atoms with E-state index >= 15 is 0 Å². The van der Waals surface area contributed by atoms with Crippen molar-refractivity contribution in [1.82, 2.24) is 29.6 Å². The first kappa shape index (κ1) is 17.6. The lowest BCUT2D eigenvalue weighted by Crippen LogP contribution is -2.32. The zero-order chi connectivity index (χ0) is 20.1. The molecule has 5 rings (SSSR count). The van der Waals surface area contributed by atoms with Gasteiger partial charge in [0.2, 0.25) is 5.91 Å². The number of benzene rings is 1. The van der Waals surface area contributed by atoms with E-state index < -0.39 is 0 Å². The van der Waals surface area contributed by atoms with E-state index in [4.69, 9.17) is 0 Å². The van der Waals surface area contributed by atoms with Crippen LogP contribution >= 0.6 is 0 Å². The first-order valence-corrected chi connectivity index (χ1v) is 9.73. The Balaban J connectivity index is 1.46. The summed E-state index contributed by atoms with van der Waals surface area (Å²) < 4.78 is 2.87. The topological polar surface area (TPSA) is 110 Å². The minimum atomic E-state index is -0.320. The zero-order valence-corrected chi connectivity index (χ0v) is 16.2. The average molecular weight is 391 g/mol. The largest absolute Gasteiger partial charge is 0.324 e. The molecule has 0 bridgehead atoms. The highest BCUT2D eigenvalue weighted by Crippen LogP contribution is 2.39. The third-order valence-corrected chi connectivity index (χ3v) is 5.15. The number of hydrogen-bond acceptors (Lipinski definition) is 5. The summed E-state index contributed by atoms with van der Waals surface area (Å²) in [6, 6.07) is 7.31. The normalized spacial score (nSPS) is 14.2. The van der Waals surface area contributed by atoms with Crippen molar-refractivity contribution >= 4 is 28.0 Å². The van der Waals surface area contributed by atoms with E-state index in [1.807, 2.05) is 26.0 Å². The molecular formula is C20H21N7O2. The number of aromatic amines is 1. The van der Waals surface area contributed by atoms with E-state index in [1.54, 1.807) is 22.8 Å². The van der Waals surface area contributed by atoms with Gasteiger partial charge in [-0.25, -0.2) is 9.20 Å². The molecule has 0 saturated heterocycles. The Morgan fingerprint density at radius 2 is 2.10 bits per heavy atom. The standard InChI is InChI=1S/C20H21N7O2/c1-11(2)19-25-26(20(29)17-8-16(12-3-4-12)24-27(17)19)10-18(28)22-14-6-5-13-9-21-23-15(13)7-14/h5-9,11-12H,3-4,10H2,1-2H3,(H,21,23)(H,22,28). The van der Waals surface area contributed by atoms with Crippen LogP contribution in [0.2, 0.25) is 0 Å². The van der Waals surface area contributed by atoms with Crippen LogP contribution in [0.15, 0.2) is 35.3 Å². The fourth-order valence-electron chi connectivity index (χ4n) is 3.47. The van der Waals surface area contributed by atoms with Gasteiger partial charge in [-0.2, -0.15) is 15.3 Å². The molecule has 1 saturated carbocycles. The molecule has 29 heavy (non-hydrogen) atoms. The summed E-state index contributed by atoms with van der Waals surface area (Å²) >= 11 is 0. The predicted octanol–water partition coefficient (Wildman–Crippen LogP) is 2.41. The number of anilines is 1. The summed E-state index contributed by atoms with van der Waals surface area (Å²) in [5.74, 6) is 0.836. The van der Waals surface area contributed by atoms with E-state index in [-0.39, 0.29) is 23.9 Å². The molecule has 1 aliphatic carbocycles. The Bertz CT molecular complexity index is 1290. The molecule has 0 radical (unpaired) electrons. The number of rotatable bonds is 5. The molecule has 0 aliphatic heterocycles. The first-order valence-electron chi connectivity index (χ1n) is 9.73. The minimum Gasteiger partial charge on any atom is -0.324 e. The van der Waals surface area contributed by atoms with Crippen molar-refractivity contribution in [1.29, 1.82) is 0 Å². The lowest BCUT2D eigenvalue weighted by Gasteiger charge is -2.12. The number of H-pyrrole nitrogens is 1. The number of carbonyl (C=O) groups is 1. The third kappa shape index (κ3) is 3.18. The van der Waals surface area contributed by atoms with Crippen molar-refractivity contribution in [3.63, 3.8) is 0 Å². The van der Waals surface area contributed by atoms with Gasteiger partial charge in [0.25, 0.3) is 5.56 Å². The molecule has 1 fully saturated rings. The van der Waals surface area contributed by atoms with Crippen LogP contribution in [-0.2, 0) is 11.3 Å². The van der Waals surface area contributed by atoms with Crippen LogP contribution in [0.25, 0.3) is 16.4 Å². The molecular weight excluding hydrogens is 370 g/mol. The van der Waals surface area contributed by atoms with Crippen LogP contribution in [0.5, 0.6) is 0 Å². The summed E-state index contributed by atoms with van der Waals surface area (Å²) in [5.41, 5.74) is 2.55. The molecule has 0 spiro atoms. The van der Waals surface area contributed by atoms with Crippen LogP contribution in [0, 0.1) is 0 Å². The lowest BCUT2D eigenvalue weighted by atomic mass is 10.2. The van der Waals surface area contributed by atoms with Crippen molar-refractivity contribution in [3.05, 3.63) is 52.3 Å². The van der Waals surface area contributed by atoms with Crippen LogP contribution in [0.3, 0.4) is 0 Å². The lowest BCUT2D eigenvalue weighted by molar-refractivity contribution is -0.117. The molecule has 0 unspecified atom stereocenters. The Morgan fingerprint density at radius 3 is 2.86 bits per heavy atom. The molecule has 0 atom stereocenters. The summed E-state index contributed by atoms with van der Waals surface area (Å²) in [6.07, 6.45) is 3.92. The number of nitrogens with zero attached hydrogens (tertiary/aromatic N) is 5. The number of fused-ring (bicyclic) bond motifs is 2. The summed E-state index contributed by atoms with van der Waals surface area (Å²) in [7, 11) is 0. The van der Waals surface area contributed by atoms with Crippen molar-refractivity contribution in [2.75, 3.05) is 5.32 Å². The van der Waals surface area contributed by atoms with Gasteiger partial charge in [0.15, 0.2) is 5.82 Å². The van der Waals surface area contributed by atoms with Crippen molar-refractivity contribution in [3.8, 4) is 0 Å². The van der Waals surface area contributed by atoms with Crippen LogP contribution in [0.4, 0.5) is 5.69 Å². The molecule has 2 N–H and O–H groups in total. The van der Waals surface area contributed by atoms with Gasteiger partial charge < -0.3 is 5.32 Å². The fourth-order valence-corrected chi connectivity index (χ4v) is 3.47. The zero-order valence-electron chi connectivity index (χ0n) is 16.2. The Kier molecular flexibility index (Phi) is 3.97. The van der Waals surface area contributed by atoms with Gasteiger partial charge in [0, 0.05) is 22.9 Å². The summed E-state index contributed by atoms with van der Waals surface area (Å²) in [4.78, 5) is 25.5. The second-order valence-electron chi connectivity index (χ2n) is 7.84. The fraction of sp³-hybridized carbons (Fsp3) is 0.350. The van der Waals surface area contributed by atoms with Gasteiger partial charge >= 0.3 is 0 Å². The minimum absolute atomic E-state index is 0.0575. The molecule has 3 aromatic heterocycles. The van der Waals surface area contributed by atoms with Gasteiger partial charge in [0.05, 0.1) is 17.4 Å². The average Bonchev–Trinajstić information content (AvgIpc) is 3.26. The van der Waals surface area contributed by atoms with E-state index in [9.17, 15) is 9.59 Å². The number of aromatic nitrogens is 6. The van der Waals surface area contributed by atoms with Crippen molar-refractivity contribution < 1.29 is 4.79 Å². The first-order chi connectivity index (χ1) is 14.0. The number of hydrogen-bond donors (Lipinski definition) is 2. The second kappa shape index (κ2) is 6.54. The van der Waals surface area contributed by atoms with E-state index in [0.29, 0.717) is 22.9 Å². The Hall–Kier alpha value is -3.49. The third-order valence-electron chi connectivity index (χ3n) is 5.15. The Labute approximate surface area is 165 Å². The second-order valence-corrected chi connectivity index (χ2v) is 7.84. The molecule has 3 heterocycles. The highest BCUT2D eigenvalue weighted by Gasteiger charge is 2.28. The Morgan fingerprint density at radius 1 is 1.28 bits per heavy atom. The van der Waals surface area contributed by atoms with Crippen LogP contribution in [0.1, 0.15) is 50.0 Å². The molecule has 1 aromatic carbocycles. The number of amides is 1. The summed E-state index contributed by atoms with van der Waals surface area (Å²) in [5, 5.41) is 19.7. The maximum atomic E-state index is 12.9. The van der Waals surface area contributed by atoms with Gasteiger partial charge in [-0.3, -0.25) is 14.7 Å². The van der Waals surface area contributed by atoms with Crippen LogP contribution in [-0.4, -0.2) is 35.5 Å². The number of carbonyl (C=O) groups excluding carboxylic acids is 1. The van der Waals surface area contributed by atoms with E-state index in [2.05, 4.69) is 25.7 Å². The predicted molar refractivity (Wildman–Crippen MR) is 108 cm³/mol. The highest BCUT2D eigenvalue weighted by atomic mass is 16.2. The van der Waals surface area contributed by atoms with Gasteiger partial charge in [-0.05, 0) is 37.1 Å². The molecule has 9 nitrogen and oxygen atoms in total. The van der Waals surface area contributed by atoms with Gasteiger partial charge in [-0.1, -0.05) is 13.8 Å². The molecule has 1 aliphatic rings. The van der Waals surface area contributed by atoms with Crippen molar-refractivity contribution in [2.45, 2.75) is 45.1 Å². The smallest absolute Gasteiger partial charge is 0.293 e. The SMILES string of the molecule is CC(C)c1nn(CC(=O)Nc2ccc3cn[nH]c3c2)c(=O)c2cc(C3CC3)nn12. The maximum absolute atomic E-state index is 12.9. The van der Waals surface area contributed by atoms with Crippen molar-refractivity contribution in [2.24, 2.45) is 0 Å². The molecule has 1 amide bonds. The van der Waals surface area contributed by atoms with Gasteiger partial charge in [0.1, 0.15) is 12.1 Å². The van der Waals surface area contributed by atoms with E-state index in [1.165, 1.54) is 4.68 Å². The maximum Gasteiger partial charge on any atom is 0.293 e. The number of nitrogens with one attached hydrogen (secondary N) is 2. The molecule has 9 heteroatoms. The van der Waals surface area contributed by atoms with Crippen LogP contribution < -0.4 is 10.9 Å². The molecule has 4 aromatic rings.